The largest absolute Gasteiger partial charge is 0.395 e. The molecule has 1 amide bonds. The standard InChI is InChI=1S/C14H17NO2/c1-10(11-5-3-2-4-6-11)15-8-12-7-14(12,9-16)13(15)17/h2-6,10,12,16H,7-9H2,1H3/t10-,12+,14-/m1/s1. The number of likely N-dealkylation sites (tertiary alicyclic amines) is 1. The second-order valence-corrected chi connectivity index (χ2v) is 5.26. The predicted molar refractivity (Wildman–Crippen MR) is 64.2 cm³/mol. The Hall–Kier alpha value is -1.35. The Morgan fingerprint density at radius 2 is 2.18 bits per heavy atom. The van der Waals surface area contributed by atoms with Crippen molar-refractivity contribution in [3.8, 4) is 0 Å². The fourth-order valence-corrected chi connectivity index (χ4v) is 3.00. The van der Waals surface area contributed by atoms with Gasteiger partial charge in [-0.25, -0.2) is 0 Å². The van der Waals surface area contributed by atoms with Gasteiger partial charge in [0.1, 0.15) is 0 Å². The number of carbonyl (C=O) groups is 1. The van der Waals surface area contributed by atoms with Gasteiger partial charge in [0.25, 0.3) is 0 Å². The smallest absolute Gasteiger partial charge is 0.231 e. The minimum Gasteiger partial charge on any atom is -0.395 e. The highest BCUT2D eigenvalue weighted by Gasteiger charge is 2.66. The fraction of sp³-hybridized carbons (Fsp3) is 0.500. The molecule has 1 saturated carbocycles. The Morgan fingerprint density at radius 3 is 2.76 bits per heavy atom. The molecule has 1 aliphatic carbocycles. The number of aliphatic hydroxyl groups is 1. The van der Waals surface area contributed by atoms with Crippen LogP contribution in [0.15, 0.2) is 30.3 Å². The average Bonchev–Trinajstić information content (AvgIpc) is 3.03. The Morgan fingerprint density at radius 1 is 1.47 bits per heavy atom. The zero-order valence-electron chi connectivity index (χ0n) is 9.97. The van der Waals surface area contributed by atoms with E-state index in [0.717, 1.165) is 18.5 Å². The molecule has 1 heterocycles. The van der Waals surface area contributed by atoms with Crippen LogP contribution in [0.1, 0.15) is 24.9 Å². The quantitative estimate of drug-likeness (QED) is 0.858. The van der Waals surface area contributed by atoms with Gasteiger partial charge in [-0.3, -0.25) is 4.79 Å². The van der Waals surface area contributed by atoms with Gasteiger partial charge < -0.3 is 10.0 Å². The molecular formula is C14H17NO2. The van der Waals surface area contributed by atoms with Gasteiger partial charge in [-0.2, -0.15) is 0 Å². The van der Waals surface area contributed by atoms with Crippen LogP contribution in [0.3, 0.4) is 0 Å². The summed E-state index contributed by atoms with van der Waals surface area (Å²) in [6, 6.07) is 10.2. The summed E-state index contributed by atoms with van der Waals surface area (Å²) in [7, 11) is 0. The summed E-state index contributed by atoms with van der Waals surface area (Å²) in [5.74, 6) is 0.521. The van der Waals surface area contributed by atoms with E-state index in [4.69, 9.17) is 0 Å². The number of piperidine rings is 1. The first-order valence-electron chi connectivity index (χ1n) is 6.16. The molecule has 1 aromatic carbocycles. The average molecular weight is 231 g/mol. The minimum absolute atomic E-state index is 0.00844. The normalized spacial score (nSPS) is 32.5. The number of hydrogen-bond donors (Lipinski definition) is 1. The molecular weight excluding hydrogens is 214 g/mol. The molecule has 1 aliphatic heterocycles. The summed E-state index contributed by atoms with van der Waals surface area (Å²) in [4.78, 5) is 14.2. The Bertz CT molecular complexity index is 441. The monoisotopic (exact) mass is 231 g/mol. The van der Waals surface area contributed by atoms with Crippen LogP contribution in [0.5, 0.6) is 0 Å². The van der Waals surface area contributed by atoms with Gasteiger partial charge >= 0.3 is 0 Å². The number of aliphatic hydroxyl groups excluding tert-OH is 1. The van der Waals surface area contributed by atoms with Gasteiger partial charge in [-0.1, -0.05) is 30.3 Å². The second kappa shape index (κ2) is 3.57. The molecule has 0 bridgehead atoms. The van der Waals surface area contributed by atoms with Gasteiger partial charge in [0, 0.05) is 6.54 Å². The number of carbonyl (C=O) groups excluding carboxylic acids is 1. The number of hydrogen-bond acceptors (Lipinski definition) is 2. The highest BCUT2D eigenvalue weighted by atomic mass is 16.3. The Kier molecular flexibility index (Phi) is 2.26. The third-order valence-electron chi connectivity index (χ3n) is 4.37. The molecule has 3 atom stereocenters. The van der Waals surface area contributed by atoms with Crippen molar-refractivity contribution < 1.29 is 9.90 Å². The van der Waals surface area contributed by atoms with Crippen LogP contribution >= 0.6 is 0 Å². The van der Waals surface area contributed by atoms with Gasteiger partial charge in [0.2, 0.25) is 5.91 Å². The molecule has 2 fully saturated rings. The van der Waals surface area contributed by atoms with E-state index in [1.807, 2.05) is 35.2 Å². The van der Waals surface area contributed by atoms with Crippen LogP contribution in [-0.2, 0) is 4.79 Å². The van der Waals surface area contributed by atoms with E-state index >= 15 is 0 Å². The number of fused-ring (bicyclic) bond motifs is 1. The lowest BCUT2D eigenvalue weighted by molar-refractivity contribution is -0.136. The summed E-state index contributed by atoms with van der Waals surface area (Å²) in [5, 5.41) is 9.36. The molecule has 0 aromatic heterocycles. The molecule has 0 unspecified atom stereocenters. The first kappa shape index (κ1) is 10.8. The first-order chi connectivity index (χ1) is 8.19. The lowest BCUT2D eigenvalue weighted by Crippen LogP contribution is -2.35. The van der Waals surface area contributed by atoms with Crippen LogP contribution in [0.2, 0.25) is 0 Å². The van der Waals surface area contributed by atoms with Crippen molar-refractivity contribution in [2.24, 2.45) is 11.3 Å². The van der Waals surface area contributed by atoms with Crippen LogP contribution in [-0.4, -0.2) is 29.1 Å². The summed E-state index contributed by atoms with van der Waals surface area (Å²) >= 11 is 0. The molecule has 3 rings (SSSR count). The lowest BCUT2D eigenvalue weighted by Gasteiger charge is -2.27. The Balaban J connectivity index is 1.82. The van der Waals surface area contributed by atoms with Crippen molar-refractivity contribution in [3.63, 3.8) is 0 Å². The molecule has 90 valence electrons. The lowest BCUT2D eigenvalue weighted by atomic mass is 10.0. The molecule has 3 heteroatoms. The van der Waals surface area contributed by atoms with Crippen LogP contribution in [0.25, 0.3) is 0 Å². The zero-order valence-corrected chi connectivity index (χ0v) is 9.97. The molecule has 2 aliphatic rings. The molecule has 1 N–H and O–H groups in total. The number of nitrogens with zero attached hydrogens (tertiary/aromatic N) is 1. The van der Waals surface area contributed by atoms with E-state index in [1.54, 1.807) is 0 Å². The maximum absolute atomic E-state index is 12.3. The van der Waals surface area contributed by atoms with Crippen molar-refractivity contribution >= 4 is 5.91 Å². The van der Waals surface area contributed by atoms with Crippen molar-refractivity contribution in [1.29, 1.82) is 0 Å². The summed E-state index contributed by atoms with van der Waals surface area (Å²) in [6.45, 7) is 2.87. The predicted octanol–water partition coefficient (Wildman–Crippen LogP) is 1.59. The van der Waals surface area contributed by atoms with Crippen molar-refractivity contribution in [3.05, 3.63) is 35.9 Å². The van der Waals surface area contributed by atoms with E-state index < -0.39 is 5.41 Å². The summed E-state index contributed by atoms with van der Waals surface area (Å²) in [5.41, 5.74) is 0.749. The van der Waals surface area contributed by atoms with E-state index in [2.05, 4.69) is 6.92 Å². The summed E-state index contributed by atoms with van der Waals surface area (Å²) < 4.78 is 0. The number of rotatable bonds is 3. The fourth-order valence-electron chi connectivity index (χ4n) is 3.00. The van der Waals surface area contributed by atoms with Crippen molar-refractivity contribution in [1.82, 2.24) is 4.90 Å². The van der Waals surface area contributed by atoms with Gasteiger partial charge in [0.05, 0.1) is 18.1 Å². The van der Waals surface area contributed by atoms with E-state index in [1.165, 1.54) is 0 Å². The SMILES string of the molecule is C[C@H](c1ccccc1)N1C[C@@H]2C[C@]2(CO)C1=O. The minimum atomic E-state index is -0.414. The first-order valence-corrected chi connectivity index (χ1v) is 6.16. The highest BCUT2D eigenvalue weighted by molar-refractivity contribution is 5.89. The topological polar surface area (TPSA) is 40.5 Å². The number of benzene rings is 1. The van der Waals surface area contributed by atoms with Crippen LogP contribution in [0.4, 0.5) is 0 Å². The van der Waals surface area contributed by atoms with Crippen LogP contribution < -0.4 is 0 Å². The second-order valence-electron chi connectivity index (χ2n) is 5.26. The maximum Gasteiger partial charge on any atom is 0.231 e. The molecule has 17 heavy (non-hydrogen) atoms. The van der Waals surface area contributed by atoms with Crippen molar-refractivity contribution in [2.45, 2.75) is 19.4 Å². The maximum atomic E-state index is 12.3. The zero-order chi connectivity index (χ0) is 12.0. The Labute approximate surface area is 101 Å². The third kappa shape index (κ3) is 1.42. The van der Waals surface area contributed by atoms with E-state index in [9.17, 15) is 9.90 Å². The van der Waals surface area contributed by atoms with Crippen LogP contribution in [0, 0.1) is 11.3 Å². The van der Waals surface area contributed by atoms with E-state index in [-0.39, 0.29) is 18.6 Å². The summed E-state index contributed by atoms with van der Waals surface area (Å²) in [6.07, 6.45) is 0.875. The molecule has 3 nitrogen and oxygen atoms in total. The van der Waals surface area contributed by atoms with Crippen molar-refractivity contribution in [2.75, 3.05) is 13.2 Å². The van der Waals surface area contributed by atoms with Gasteiger partial charge in [-0.05, 0) is 24.8 Å². The third-order valence-corrected chi connectivity index (χ3v) is 4.37. The molecule has 0 spiro atoms. The molecule has 1 saturated heterocycles. The van der Waals surface area contributed by atoms with Gasteiger partial charge in [0.15, 0.2) is 0 Å². The number of amides is 1. The van der Waals surface area contributed by atoms with E-state index in [0.29, 0.717) is 5.92 Å². The molecule has 0 radical (unpaired) electrons. The van der Waals surface area contributed by atoms with Gasteiger partial charge in [-0.15, -0.1) is 0 Å². The highest BCUT2D eigenvalue weighted by Crippen LogP contribution is 2.59. The molecule has 1 aromatic rings.